The molecule has 0 amide bonds. The standard InChI is InChI=1S/C50H39N3Si/c1-54(2,3)47-28-26-37(27-29-47)42-15-9-17-44(31-42)43-16-8-14-41(30-43)36-18-22-38(23-19-36)48-51-49(45-24-20-34-10-4-6-12-39(34)32-45)53-50(52-48)46-25-21-35-11-5-7-13-40(35)33-46/h4-33H,1-3H3. The Morgan fingerprint density at radius 1 is 0.278 bits per heavy atom. The minimum Gasteiger partial charge on any atom is -0.208 e. The van der Waals surface area contributed by atoms with E-state index in [1.807, 2.05) is 0 Å². The van der Waals surface area contributed by atoms with Gasteiger partial charge in [-0.15, -0.1) is 0 Å². The molecular weight excluding hydrogens is 671 g/mol. The molecule has 0 aliphatic rings. The normalized spacial score (nSPS) is 11.6. The molecule has 54 heavy (non-hydrogen) atoms. The van der Waals surface area contributed by atoms with E-state index in [9.17, 15) is 0 Å². The molecule has 0 spiro atoms. The van der Waals surface area contributed by atoms with Crippen molar-refractivity contribution in [3.05, 3.63) is 182 Å². The summed E-state index contributed by atoms with van der Waals surface area (Å²) in [5.74, 6) is 1.95. The first-order valence-corrected chi connectivity index (χ1v) is 22.0. The monoisotopic (exact) mass is 709 g/mol. The molecule has 0 unspecified atom stereocenters. The third-order valence-corrected chi connectivity index (χ3v) is 12.3. The second-order valence-electron chi connectivity index (χ2n) is 15.0. The van der Waals surface area contributed by atoms with Gasteiger partial charge in [0.15, 0.2) is 17.5 Å². The van der Waals surface area contributed by atoms with Gasteiger partial charge in [0.2, 0.25) is 0 Å². The molecule has 0 atom stereocenters. The van der Waals surface area contributed by atoms with E-state index >= 15 is 0 Å². The van der Waals surface area contributed by atoms with Gasteiger partial charge in [0.05, 0.1) is 8.07 Å². The van der Waals surface area contributed by atoms with E-state index < -0.39 is 8.07 Å². The van der Waals surface area contributed by atoms with Crippen molar-refractivity contribution in [2.24, 2.45) is 0 Å². The van der Waals surface area contributed by atoms with E-state index in [1.54, 1.807) is 0 Å². The van der Waals surface area contributed by atoms with Gasteiger partial charge in [0, 0.05) is 16.7 Å². The lowest BCUT2D eigenvalue weighted by Gasteiger charge is -2.17. The fraction of sp³-hybridized carbons (Fsp3) is 0.0600. The maximum atomic E-state index is 5.05. The zero-order valence-electron chi connectivity index (χ0n) is 30.7. The highest BCUT2D eigenvalue weighted by molar-refractivity contribution is 6.88. The number of aromatic nitrogens is 3. The van der Waals surface area contributed by atoms with Gasteiger partial charge in [0.25, 0.3) is 0 Å². The van der Waals surface area contributed by atoms with E-state index in [2.05, 4.69) is 202 Å². The Kier molecular flexibility index (Phi) is 8.53. The fourth-order valence-electron chi connectivity index (χ4n) is 7.15. The van der Waals surface area contributed by atoms with Crippen molar-refractivity contribution in [1.29, 1.82) is 0 Å². The van der Waals surface area contributed by atoms with Crippen LogP contribution in [0.15, 0.2) is 182 Å². The van der Waals surface area contributed by atoms with Gasteiger partial charge in [-0.05, 0) is 79.2 Å². The summed E-state index contributed by atoms with van der Waals surface area (Å²) in [6.07, 6.45) is 0. The summed E-state index contributed by atoms with van der Waals surface area (Å²) in [5.41, 5.74) is 10.0. The molecule has 0 bridgehead atoms. The SMILES string of the molecule is C[Si](C)(C)c1ccc(-c2cccc(-c3cccc(-c4ccc(-c5nc(-c6ccc7ccccc7c6)nc(-c6ccc7ccccc7c6)n5)cc4)c3)c2)cc1. The smallest absolute Gasteiger partial charge is 0.164 e. The van der Waals surface area contributed by atoms with Crippen LogP contribution in [-0.4, -0.2) is 23.0 Å². The van der Waals surface area contributed by atoms with Crippen LogP contribution in [0, 0.1) is 0 Å². The number of fused-ring (bicyclic) bond motifs is 2. The molecular formula is C50H39N3Si. The number of hydrogen-bond donors (Lipinski definition) is 0. The second-order valence-corrected chi connectivity index (χ2v) is 20.1. The minimum atomic E-state index is -1.34. The second kappa shape index (κ2) is 13.8. The Morgan fingerprint density at radius 2 is 0.630 bits per heavy atom. The summed E-state index contributed by atoms with van der Waals surface area (Å²) in [6.45, 7) is 7.17. The molecule has 0 saturated heterocycles. The van der Waals surface area contributed by atoms with E-state index in [0.29, 0.717) is 17.5 Å². The van der Waals surface area contributed by atoms with Crippen molar-refractivity contribution in [2.45, 2.75) is 19.6 Å². The first kappa shape index (κ1) is 33.4. The van der Waals surface area contributed by atoms with Gasteiger partial charge in [-0.3, -0.25) is 0 Å². The van der Waals surface area contributed by atoms with Crippen LogP contribution in [0.2, 0.25) is 19.6 Å². The van der Waals surface area contributed by atoms with Crippen LogP contribution in [0.5, 0.6) is 0 Å². The lowest BCUT2D eigenvalue weighted by atomic mass is 9.96. The molecule has 258 valence electrons. The van der Waals surface area contributed by atoms with Gasteiger partial charge in [-0.25, -0.2) is 15.0 Å². The van der Waals surface area contributed by atoms with Gasteiger partial charge in [0.1, 0.15) is 0 Å². The Balaban J connectivity index is 1.05. The van der Waals surface area contributed by atoms with Crippen molar-refractivity contribution in [3.63, 3.8) is 0 Å². The first-order chi connectivity index (χ1) is 26.3. The largest absolute Gasteiger partial charge is 0.208 e. The van der Waals surface area contributed by atoms with E-state index in [4.69, 9.17) is 15.0 Å². The molecule has 9 rings (SSSR count). The van der Waals surface area contributed by atoms with Crippen LogP contribution in [0.25, 0.3) is 89.1 Å². The molecule has 0 saturated carbocycles. The predicted octanol–water partition coefficient (Wildman–Crippen LogP) is 12.7. The van der Waals surface area contributed by atoms with Crippen LogP contribution in [0.1, 0.15) is 0 Å². The van der Waals surface area contributed by atoms with Crippen molar-refractivity contribution >= 4 is 34.8 Å². The Hall–Kier alpha value is -6.49. The third-order valence-electron chi connectivity index (χ3n) is 10.3. The summed E-state index contributed by atoms with van der Waals surface area (Å²) in [6, 6.07) is 64.9. The third kappa shape index (κ3) is 6.76. The average molecular weight is 710 g/mol. The zero-order valence-corrected chi connectivity index (χ0v) is 31.7. The van der Waals surface area contributed by atoms with Crippen LogP contribution in [0.3, 0.4) is 0 Å². The lowest BCUT2D eigenvalue weighted by Crippen LogP contribution is -2.37. The van der Waals surface area contributed by atoms with Gasteiger partial charge >= 0.3 is 0 Å². The highest BCUT2D eigenvalue weighted by Crippen LogP contribution is 2.32. The molecule has 0 fully saturated rings. The van der Waals surface area contributed by atoms with Gasteiger partial charge in [-0.2, -0.15) is 0 Å². The molecule has 4 heteroatoms. The summed E-state index contributed by atoms with van der Waals surface area (Å²) in [5, 5.41) is 6.15. The molecule has 3 nitrogen and oxygen atoms in total. The molecule has 8 aromatic carbocycles. The fourth-order valence-corrected chi connectivity index (χ4v) is 8.32. The number of rotatable bonds is 7. The molecule has 0 radical (unpaired) electrons. The van der Waals surface area contributed by atoms with Crippen molar-refractivity contribution < 1.29 is 0 Å². The highest BCUT2D eigenvalue weighted by Gasteiger charge is 2.16. The van der Waals surface area contributed by atoms with Crippen LogP contribution >= 0.6 is 0 Å². The van der Waals surface area contributed by atoms with Crippen molar-refractivity contribution in [1.82, 2.24) is 15.0 Å². The topological polar surface area (TPSA) is 38.7 Å². The van der Waals surface area contributed by atoms with E-state index in [1.165, 1.54) is 38.2 Å². The number of benzene rings is 8. The Bertz CT molecular complexity index is 2700. The first-order valence-electron chi connectivity index (χ1n) is 18.5. The summed E-state index contributed by atoms with van der Waals surface area (Å²) >= 11 is 0. The molecule has 0 aliphatic heterocycles. The van der Waals surface area contributed by atoms with E-state index in [0.717, 1.165) is 38.6 Å². The highest BCUT2D eigenvalue weighted by atomic mass is 28.3. The van der Waals surface area contributed by atoms with Crippen LogP contribution in [0.4, 0.5) is 0 Å². The number of nitrogens with zero attached hydrogens (tertiary/aromatic N) is 3. The molecule has 0 aliphatic carbocycles. The average Bonchev–Trinajstić information content (AvgIpc) is 3.23. The predicted molar refractivity (Wildman–Crippen MR) is 230 cm³/mol. The lowest BCUT2D eigenvalue weighted by molar-refractivity contribution is 1.08. The summed E-state index contributed by atoms with van der Waals surface area (Å²) < 4.78 is 0. The van der Waals surface area contributed by atoms with Crippen molar-refractivity contribution in [2.75, 3.05) is 0 Å². The summed E-state index contributed by atoms with van der Waals surface area (Å²) in [7, 11) is -1.34. The Labute approximate surface area is 317 Å². The zero-order chi connectivity index (χ0) is 36.6. The quantitative estimate of drug-likeness (QED) is 0.155. The van der Waals surface area contributed by atoms with Crippen LogP contribution < -0.4 is 5.19 Å². The van der Waals surface area contributed by atoms with Crippen molar-refractivity contribution in [3.8, 4) is 67.5 Å². The maximum Gasteiger partial charge on any atom is 0.164 e. The minimum absolute atomic E-state index is 0.645. The number of hydrogen-bond acceptors (Lipinski definition) is 3. The Morgan fingerprint density at radius 3 is 1.07 bits per heavy atom. The van der Waals surface area contributed by atoms with E-state index in [-0.39, 0.29) is 0 Å². The maximum absolute atomic E-state index is 5.05. The molecule has 1 aromatic heterocycles. The molecule has 9 aromatic rings. The van der Waals surface area contributed by atoms with Gasteiger partial charge < -0.3 is 0 Å². The van der Waals surface area contributed by atoms with Gasteiger partial charge in [-0.1, -0.05) is 183 Å². The molecule has 1 heterocycles. The molecule has 0 N–H and O–H groups in total. The summed E-state index contributed by atoms with van der Waals surface area (Å²) in [4.78, 5) is 15.1. The van der Waals surface area contributed by atoms with Crippen LogP contribution in [-0.2, 0) is 0 Å².